The molecule has 0 saturated carbocycles. The summed E-state index contributed by atoms with van der Waals surface area (Å²) < 4.78 is 9.05. The minimum atomic E-state index is -0.509. The number of fused-ring (bicyclic) bond motifs is 9. The quantitative estimate of drug-likeness (QED) is 0.159. The third kappa shape index (κ3) is 5.51. The average Bonchev–Trinajstić information content (AvgIpc) is 4.04. The fourth-order valence-corrected chi connectivity index (χ4v) is 11.7. The third-order valence-electron chi connectivity index (χ3n) is 13.4. The largest absolute Gasteiger partial charge is 0.455 e. The summed E-state index contributed by atoms with van der Waals surface area (Å²) in [5.74, 6) is 0. The molecule has 10 aromatic carbocycles. The number of hydrogen-bond donors (Lipinski definition) is 0. The Hall–Kier alpha value is -7.98. The van der Waals surface area contributed by atoms with Crippen LogP contribution < -0.4 is 4.90 Å². The van der Waals surface area contributed by atoms with Crippen molar-refractivity contribution in [1.82, 2.24) is 0 Å². The summed E-state index contributed by atoms with van der Waals surface area (Å²) in [5, 5.41) is 4.83. The van der Waals surface area contributed by atoms with Crippen molar-refractivity contribution in [2.75, 3.05) is 4.90 Å². The van der Waals surface area contributed by atoms with E-state index in [2.05, 4.69) is 229 Å². The van der Waals surface area contributed by atoms with Crippen LogP contribution in [0.4, 0.5) is 17.1 Å². The highest BCUT2D eigenvalue weighted by atomic mass is 32.1. The fraction of sp³-hybridized carbons (Fsp3) is 0.0164. The molecule has 0 radical (unpaired) electrons. The van der Waals surface area contributed by atoms with Gasteiger partial charge in [0, 0.05) is 53.4 Å². The molecule has 13 rings (SSSR count). The maximum absolute atomic E-state index is 6.47. The van der Waals surface area contributed by atoms with E-state index in [-0.39, 0.29) is 0 Å². The topological polar surface area (TPSA) is 16.4 Å². The number of rotatable bonds is 7. The molecule has 2 heterocycles. The van der Waals surface area contributed by atoms with Crippen molar-refractivity contribution in [3.63, 3.8) is 0 Å². The van der Waals surface area contributed by atoms with Gasteiger partial charge in [0.2, 0.25) is 0 Å². The van der Waals surface area contributed by atoms with Gasteiger partial charge in [0.25, 0.3) is 0 Å². The number of para-hydroxylation sites is 2. The first-order valence-electron chi connectivity index (χ1n) is 21.9. The van der Waals surface area contributed by atoms with Gasteiger partial charge in [-0.05, 0) is 99.1 Å². The van der Waals surface area contributed by atoms with Crippen molar-refractivity contribution in [1.29, 1.82) is 0 Å². The van der Waals surface area contributed by atoms with Crippen molar-refractivity contribution in [2.24, 2.45) is 0 Å². The molecule has 0 spiro atoms. The van der Waals surface area contributed by atoms with Crippen LogP contribution in [0.5, 0.6) is 0 Å². The van der Waals surface area contributed by atoms with E-state index < -0.39 is 5.41 Å². The van der Waals surface area contributed by atoms with Gasteiger partial charge in [0.1, 0.15) is 11.2 Å². The lowest BCUT2D eigenvalue weighted by Crippen LogP contribution is -2.28. The number of furan rings is 1. The zero-order valence-corrected chi connectivity index (χ0v) is 35.6. The van der Waals surface area contributed by atoms with Gasteiger partial charge < -0.3 is 9.32 Å². The van der Waals surface area contributed by atoms with Crippen LogP contribution in [-0.4, -0.2) is 0 Å². The Morgan fingerprint density at radius 2 is 0.984 bits per heavy atom. The Kier molecular flexibility index (Phi) is 8.34. The highest BCUT2D eigenvalue weighted by molar-refractivity contribution is 7.25. The summed E-state index contributed by atoms with van der Waals surface area (Å²) in [6.45, 7) is 0. The summed E-state index contributed by atoms with van der Waals surface area (Å²) in [4.78, 5) is 2.48. The normalized spacial score (nSPS) is 12.8. The molecule has 0 saturated heterocycles. The second kappa shape index (κ2) is 14.6. The predicted octanol–water partition coefficient (Wildman–Crippen LogP) is 17.1. The zero-order chi connectivity index (χ0) is 42.2. The molecule has 64 heavy (non-hydrogen) atoms. The highest BCUT2D eigenvalue weighted by Gasteiger charge is 2.47. The maximum Gasteiger partial charge on any atom is 0.143 e. The minimum absolute atomic E-state index is 0.509. The van der Waals surface area contributed by atoms with E-state index in [0.29, 0.717) is 0 Å². The zero-order valence-electron chi connectivity index (χ0n) is 34.8. The molecule has 0 bridgehead atoms. The van der Waals surface area contributed by atoms with Crippen LogP contribution in [0.2, 0.25) is 0 Å². The van der Waals surface area contributed by atoms with E-state index >= 15 is 0 Å². The molecule has 12 aromatic rings. The van der Waals surface area contributed by atoms with Gasteiger partial charge in [-0.1, -0.05) is 182 Å². The highest BCUT2D eigenvalue weighted by Crippen LogP contribution is 2.59. The lowest BCUT2D eigenvalue weighted by Gasteiger charge is -2.34. The molecule has 0 N–H and O–H groups in total. The summed E-state index contributed by atoms with van der Waals surface area (Å²) in [6.07, 6.45) is 0. The first kappa shape index (κ1) is 36.7. The van der Waals surface area contributed by atoms with Gasteiger partial charge in [0.15, 0.2) is 0 Å². The molecule has 0 aliphatic heterocycles. The van der Waals surface area contributed by atoms with Crippen LogP contribution in [-0.2, 0) is 5.41 Å². The monoisotopic (exact) mass is 833 g/mol. The molecular formula is C61H39NOS. The second-order valence-electron chi connectivity index (χ2n) is 16.7. The number of anilines is 3. The van der Waals surface area contributed by atoms with Gasteiger partial charge in [-0.3, -0.25) is 0 Å². The van der Waals surface area contributed by atoms with Crippen LogP contribution in [0.3, 0.4) is 0 Å². The van der Waals surface area contributed by atoms with Crippen molar-refractivity contribution in [2.45, 2.75) is 5.41 Å². The van der Waals surface area contributed by atoms with E-state index in [1.165, 1.54) is 53.6 Å². The molecule has 1 aliphatic carbocycles. The van der Waals surface area contributed by atoms with Crippen LogP contribution >= 0.6 is 11.3 Å². The number of thiophene rings is 1. The van der Waals surface area contributed by atoms with Crippen molar-refractivity contribution in [3.8, 4) is 33.4 Å². The molecule has 2 nitrogen and oxygen atoms in total. The second-order valence-corrected chi connectivity index (χ2v) is 17.8. The van der Waals surface area contributed by atoms with Gasteiger partial charge in [-0.2, -0.15) is 0 Å². The molecular weight excluding hydrogens is 795 g/mol. The predicted molar refractivity (Wildman–Crippen MR) is 269 cm³/mol. The molecule has 3 heteroatoms. The minimum Gasteiger partial charge on any atom is -0.455 e. The summed E-state index contributed by atoms with van der Waals surface area (Å²) in [6, 6.07) is 86.6. The SMILES string of the molecule is c1ccc(C2(c3ccccc3)c3ccccc3-c3c(N(c4ccc(-c5cccc(-c6cccc7c6oc6ccccc67)c5)cc4)c4ccc5sc6ccccc6c5c4)cccc32)cc1. The van der Waals surface area contributed by atoms with Crippen LogP contribution in [0.25, 0.3) is 75.5 Å². The standard InChI is InChI=1S/C61H39NOS/c1-3-18-43(19-4-1)61(44-20-5-2-6-21-44)53-27-10-7-24-51(53)59-54(61)28-15-29-55(59)62(46-36-37-58-52(39-46)49-23-9-12-31-57(49)64-58)45-34-32-40(33-35-45)41-16-13-17-42(38-41)47-25-14-26-50-48-22-8-11-30-56(48)63-60(47)50/h1-39H. The summed E-state index contributed by atoms with van der Waals surface area (Å²) in [7, 11) is 0. The van der Waals surface area contributed by atoms with E-state index in [1.807, 2.05) is 23.5 Å². The molecule has 1 aliphatic rings. The Labute approximate surface area is 375 Å². The summed E-state index contributed by atoms with van der Waals surface area (Å²) >= 11 is 1.86. The van der Waals surface area contributed by atoms with Crippen molar-refractivity contribution >= 4 is 70.5 Å². The van der Waals surface area contributed by atoms with Gasteiger partial charge in [-0.15, -0.1) is 11.3 Å². The van der Waals surface area contributed by atoms with E-state index in [1.54, 1.807) is 0 Å². The van der Waals surface area contributed by atoms with Gasteiger partial charge in [0.05, 0.1) is 11.1 Å². The first-order chi connectivity index (χ1) is 31.7. The Morgan fingerprint density at radius 3 is 1.81 bits per heavy atom. The fourth-order valence-electron chi connectivity index (χ4n) is 10.6. The number of hydrogen-bond acceptors (Lipinski definition) is 3. The molecule has 0 unspecified atom stereocenters. The van der Waals surface area contributed by atoms with E-state index in [0.717, 1.165) is 61.3 Å². The maximum atomic E-state index is 6.47. The Balaban J connectivity index is 1.000. The lowest BCUT2D eigenvalue weighted by molar-refractivity contribution is 0.670. The van der Waals surface area contributed by atoms with Gasteiger partial charge >= 0.3 is 0 Å². The summed E-state index contributed by atoms with van der Waals surface area (Å²) in [5.41, 5.74) is 16.8. The van der Waals surface area contributed by atoms with Crippen molar-refractivity contribution < 1.29 is 4.42 Å². The van der Waals surface area contributed by atoms with Gasteiger partial charge in [-0.25, -0.2) is 0 Å². The first-order valence-corrected chi connectivity index (χ1v) is 22.7. The third-order valence-corrected chi connectivity index (χ3v) is 14.5. The Morgan fingerprint density at radius 1 is 0.375 bits per heavy atom. The molecule has 0 amide bonds. The Bertz CT molecular complexity index is 3690. The lowest BCUT2D eigenvalue weighted by atomic mass is 9.68. The van der Waals surface area contributed by atoms with E-state index in [4.69, 9.17) is 4.42 Å². The molecule has 0 fully saturated rings. The van der Waals surface area contributed by atoms with Crippen LogP contribution in [0.1, 0.15) is 22.3 Å². The number of benzene rings is 10. The van der Waals surface area contributed by atoms with Crippen LogP contribution in [0.15, 0.2) is 241 Å². The smallest absolute Gasteiger partial charge is 0.143 e. The van der Waals surface area contributed by atoms with Crippen molar-refractivity contribution in [3.05, 3.63) is 259 Å². The molecule has 0 atom stereocenters. The molecule has 300 valence electrons. The van der Waals surface area contributed by atoms with E-state index in [9.17, 15) is 0 Å². The van der Waals surface area contributed by atoms with Crippen LogP contribution in [0, 0.1) is 0 Å². The molecule has 2 aromatic heterocycles. The number of nitrogens with zero attached hydrogens (tertiary/aromatic N) is 1. The average molecular weight is 834 g/mol.